The van der Waals surface area contributed by atoms with Crippen LogP contribution in [0.2, 0.25) is 0 Å². The molecule has 2 aromatic heterocycles. The number of likely N-dealkylation sites (tertiary alicyclic amines) is 1. The van der Waals surface area contributed by atoms with Crippen LogP contribution in [-0.2, 0) is 6.18 Å². The molecule has 2 aromatic carbocycles. The lowest BCUT2D eigenvalue weighted by molar-refractivity contribution is -0.137. The Morgan fingerprint density at radius 1 is 1.21 bits per heavy atom. The van der Waals surface area contributed by atoms with Gasteiger partial charge in [-0.25, -0.2) is 9.97 Å². The Bertz CT molecular complexity index is 1380. The highest BCUT2D eigenvalue weighted by Gasteiger charge is 2.36. The van der Waals surface area contributed by atoms with Gasteiger partial charge in [0.2, 0.25) is 0 Å². The number of amides is 1. The molecule has 0 radical (unpaired) electrons. The lowest BCUT2D eigenvalue weighted by Crippen LogP contribution is -2.31. The molecule has 0 aliphatic carbocycles. The minimum absolute atomic E-state index is 0.189. The summed E-state index contributed by atoms with van der Waals surface area (Å²) in [7, 11) is 0. The number of imidazole rings is 1. The molecule has 3 heterocycles. The largest absolute Gasteiger partial charge is 0.416 e. The fourth-order valence-electron chi connectivity index (χ4n) is 4.33. The summed E-state index contributed by atoms with van der Waals surface area (Å²) in [6, 6.07) is 10.8. The molecule has 10 heteroatoms. The number of halogens is 3. The molecule has 5 nitrogen and oxygen atoms in total. The molecule has 1 N–H and O–H groups in total. The van der Waals surface area contributed by atoms with Gasteiger partial charge in [0.1, 0.15) is 11.5 Å². The van der Waals surface area contributed by atoms with Gasteiger partial charge in [-0.1, -0.05) is 12.1 Å². The molecule has 4 aromatic rings. The van der Waals surface area contributed by atoms with Gasteiger partial charge in [-0.05, 0) is 61.9 Å². The van der Waals surface area contributed by atoms with Crippen molar-refractivity contribution in [1.29, 1.82) is 0 Å². The lowest BCUT2D eigenvalue weighted by atomic mass is 10.1. The molecule has 1 aliphatic heterocycles. The first-order valence-corrected chi connectivity index (χ1v) is 12.8. The van der Waals surface area contributed by atoms with E-state index in [0.29, 0.717) is 27.8 Å². The summed E-state index contributed by atoms with van der Waals surface area (Å²) in [5, 5.41) is 0.625. The normalized spacial score (nSPS) is 16.5. The van der Waals surface area contributed by atoms with Crippen LogP contribution in [0, 0.1) is 6.92 Å². The second-order valence-electron chi connectivity index (χ2n) is 8.15. The number of aromatic nitrogens is 3. The molecule has 1 fully saturated rings. The Morgan fingerprint density at radius 3 is 2.79 bits per heavy atom. The van der Waals surface area contributed by atoms with Gasteiger partial charge in [0.25, 0.3) is 5.91 Å². The van der Waals surface area contributed by atoms with Crippen molar-refractivity contribution < 1.29 is 18.0 Å². The highest BCUT2D eigenvalue weighted by molar-refractivity contribution is 7.98. The molecule has 0 bridgehead atoms. The fraction of sp³-hybridized carbons (Fsp3) is 0.292. The first-order valence-electron chi connectivity index (χ1n) is 10.7. The van der Waals surface area contributed by atoms with E-state index in [2.05, 4.69) is 9.97 Å². The van der Waals surface area contributed by atoms with Gasteiger partial charge in [-0.3, -0.25) is 4.79 Å². The van der Waals surface area contributed by atoms with E-state index >= 15 is 0 Å². The van der Waals surface area contributed by atoms with Gasteiger partial charge < -0.3 is 9.88 Å². The van der Waals surface area contributed by atoms with Crippen LogP contribution in [0.1, 0.15) is 45.8 Å². The minimum atomic E-state index is -4.46. The number of thioether (sulfide) groups is 1. The van der Waals surface area contributed by atoms with Crippen LogP contribution >= 0.6 is 23.1 Å². The molecule has 34 heavy (non-hydrogen) atoms. The first kappa shape index (κ1) is 22.9. The second kappa shape index (κ2) is 8.74. The Hall–Kier alpha value is -2.85. The standard InChI is InChI=1S/C24H21F3N4OS2/c1-13-28-20(21(34-13)14-5-3-6-15(11-14)24(25,26)27)23(32)31-10-4-7-19(31)22-29-17-9-8-16(33-2)12-18(17)30-22/h3,5-6,8-9,11-12,19H,4,7,10H2,1-2H3,(H,29,30). The van der Waals surface area contributed by atoms with E-state index in [-0.39, 0.29) is 17.6 Å². The molecule has 176 valence electrons. The average Bonchev–Trinajstić information content (AvgIpc) is 3.55. The predicted molar refractivity (Wildman–Crippen MR) is 128 cm³/mol. The van der Waals surface area contributed by atoms with Gasteiger partial charge >= 0.3 is 6.18 Å². The maximum Gasteiger partial charge on any atom is 0.416 e. The van der Waals surface area contributed by atoms with Crippen molar-refractivity contribution in [2.45, 2.75) is 36.9 Å². The molecule has 5 rings (SSSR count). The van der Waals surface area contributed by atoms with Crippen molar-refractivity contribution in [1.82, 2.24) is 19.9 Å². The zero-order valence-electron chi connectivity index (χ0n) is 18.4. The molecule has 1 amide bonds. The van der Waals surface area contributed by atoms with Crippen LogP contribution in [0.4, 0.5) is 13.2 Å². The van der Waals surface area contributed by atoms with E-state index in [1.807, 2.05) is 24.5 Å². The van der Waals surface area contributed by atoms with Crippen molar-refractivity contribution in [2.24, 2.45) is 0 Å². The van der Waals surface area contributed by atoms with Crippen molar-refractivity contribution in [3.8, 4) is 10.4 Å². The third-order valence-electron chi connectivity index (χ3n) is 5.93. The molecule has 0 spiro atoms. The zero-order chi connectivity index (χ0) is 24.0. The molecule has 0 saturated carbocycles. The van der Waals surface area contributed by atoms with Gasteiger partial charge in [0.05, 0.1) is 32.5 Å². The number of rotatable bonds is 4. The number of benzene rings is 2. The van der Waals surface area contributed by atoms with Crippen molar-refractivity contribution in [2.75, 3.05) is 12.8 Å². The SMILES string of the molecule is CSc1ccc2nc(C3CCCN3C(=O)c3nc(C)sc3-c3cccc(C(F)(F)F)c3)[nH]c2c1. The number of hydrogen-bond donors (Lipinski definition) is 1. The van der Waals surface area contributed by atoms with Crippen molar-refractivity contribution >= 4 is 40.0 Å². The van der Waals surface area contributed by atoms with Gasteiger partial charge in [-0.15, -0.1) is 23.1 Å². The zero-order valence-corrected chi connectivity index (χ0v) is 20.1. The maximum absolute atomic E-state index is 13.6. The smallest absolute Gasteiger partial charge is 0.340 e. The van der Waals surface area contributed by atoms with E-state index in [1.54, 1.807) is 29.7 Å². The topological polar surface area (TPSA) is 61.9 Å². The molecule has 1 aliphatic rings. The minimum Gasteiger partial charge on any atom is -0.340 e. The molecular formula is C24H21F3N4OS2. The Balaban J connectivity index is 1.49. The number of alkyl halides is 3. The summed E-state index contributed by atoms with van der Waals surface area (Å²) in [5.74, 6) is 0.427. The van der Waals surface area contributed by atoms with Crippen LogP contribution in [-0.4, -0.2) is 38.6 Å². The van der Waals surface area contributed by atoms with E-state index in [1.165, 1.54) is 17.4 Å². The van der Waals surface area contributed by atoms with Gasteiger partial charge in [0, 0.05) is 11.4 Å². The number of nitrogens with one attached hydrogen (secondary N) is 1. The number of aromatic amines is 1. The number of carbonyl (C=O) groups is 1. The summed E-state index contributed by atoms with van der Waals surface area (Å²) in [6.07, 6.45) is -0.889. The van der Waals surface area contributed by atoms with E-state index in [4.69, 9.17) is 4.98 Å². The molecule has 1 atom stereocenters. The van der Waals surface area contributed by atoms with Crippen LogP contribution in [0.5, 0.6) is 0 Å². The predicted octanol–water partition coefficient (Wildman–Crippen LogP) is 6.71. The summed E-state index contributed by atoms with van der Waals surface area (Å²) in [4.78, 5) is 29.5. The van der Waals surface area contributed by atoms with E-state index in [9.17, 15) is 18.0 Å². The van der Waals surface area contributed by atoms with Gasteiger partial charge in [-0.2, -0.15) is 13.2 Å². The van der Waals surface area contributed by atoms with Crippen LogP contribution in [0.15, 0.2) is 47.4 Å². The lowest BCUT2D eigenvalue weighted by Gasteiger charge is -2.23. The Labute approximate surface area is 202 Å². The van der Waals surface area contributed by atoms with Crippen LogP contribution in [0.3, 0.4) is 0 Å². The molecular weight excluding hydrogens is 481 g/mol. The van der Waals surface area contributed by atoms with Crippen LogP contribution in [0.25, 0.3) is 21.5 Å². The second-order valence-corrected chi connectivity index (χ2v) is 10.2. The molecule has 1 unspecified atom stereocenters. The molecule has 1 saturated heterocycles. The van der Waals surface area contributed by atoms with E-state index in [0.717, 1.165) is 40.9 Å². The number of fused-ring (bicyclic) bond motifs is 1. The fourth-order valence-corrected chi connectivity index (χ4v) is 5.67. The summed E-state index contributed by atoms with van der Waals surface area (Å²) in [5.41, 5.74) is 1.53. The summed E-state index contributed by atoms with van der Waals surface area (Å²) in [6.45, 7) is 2.29. The number of hydrogen-bond acceptors (Lipinski definition) is 5. The number of thiazole rings is 1. The summed E-state index contributed by atoms with van der Waals surface area (Å²) < 4.78 is 39.8. The Morgan fingerprint density at radius 2 is 2.03 bits per heavy atom. The third kappa shape index (κ3) is 4.20. The first-order chi connectivity index (χ1) is 16.2. The Kier molecular flexibility index (Phi) is 5.89. The third-order valence-corrected chi connectivity index (χ3v) is 7.67. The van der Waals surface area contributed by atoms with Crippen molar-refractivity contribution in [3.05, 3.63) is 64.6 Å². The van der Waals surface area contributed by atoms with Crippen molar-refractivity contribution in [3.63, 3.8) is 0 Å². The highest BCUT2D eigenvalue weighted by Crippen LogP contribution is 2.38. The van der Waals surface area contributed by atoms with Crippen LogP contribution < -0.4 is 0 Å². The highest BCUT2D eigenvalue weighted by atomic mass is 32.2. The monoisotopic (exact) mass is 502 g/mol. The maximum atomic E-state index is 13.6. The summed E-state index contributed by atoms with van der Waals surface area (Å²) >= 11 is 2.87. The number of aryl methyl sites for hydroxylation is 1. The van der Waals surface area contributed by atoms with Gasteiger partial charge in [0.15, 0.2) is 0 Å². The average molecular weight is 503 g/mol. The quantitative estimate of drug-likeness (QED) is 0.315. The number of nitrogens with zero attached hydrogens (tertiary/aromatic N) is 3. The number of carbonyl (C=O) groups excluding carboxylic acids is 1. The number of H-pyrrole nitrogens is 1. The van der Waals surface area contributed by atoms with E-state index < -0.39 is 11.7 Å².